The Morgan fingerprint density at radius 3 is 1.41 bits per heavy atom. The Balaban J connectivity index is 1.03. The van der Waals surface area contributed by atoms with Crippen LogP contribution in [0, 0.1) is 6.92 Å². The molecule has 5 aliphatic rings. The van der Waals surface area contributed by atoms with E-state index in [4.69, 9.17) is 0 Å². The smallest absolute Gasteiger partial charge is 0.252 e. The summed E-state index contributed by atoms with van der Waals surface area (Å²) in [5.74, 6) is 0. The predicted molar refractivity (Wildman–Crippen MR) is 288 cm³/mol. The fourth-order valence-electron chi connectivity index (χ4n) is 13.5. The third-order valence-corrected chi connectivity index (χ3v) is 16.2. The summed E-state index contributed by atoms with van der Waals surface area (Å²) in [6, 6.07) is 85.0. The van der Waals surface area contributed by atoms with Crippen LogP contribution >= 0.6 is 0 Å². The molecule has 3 heterocycles. The molecule has 3 aliphatic heterocycles. The van der Waals surface area contributed by atoms with Crippen molar-refractivity contribution in [1.82, 2.24) is 0 Å². The van der Waals surface area contributed by atoms with Crippen molar-refractivity contribution in [2.45, 2.75) is 31.6 Å². The van der Waals surface area contributed by atoms with Crippen LogP contribution in [0.4, 0.5) is 51.2 Å². The Labute approximate surface area is 404 Å². The Morgan fingerprint density at radius 2 is 0.783 bits per heavy atom. The van der Waals surface area contributed by atoms with Crippen LogP contribution in [0.15, 0.2) is 224 Å². The first-order valence-corrected chi connectivity index (χ1v) is 24.4. The van der Waals surface area contributed by atoms with E-state index in [9.17, 15) is 0 Å². The summed E-state index contributed by atoms with van der Waals surface area (Å²) in [6.45, 7) is 7.00. The lowest BCUT2D eigenvalue weighted by Gasteiger charge is -2.45. The van der Waals surface area contributed by atoms with E-state index in [0.29, 0.717) is 0 Å². The van der Waals surface area contributed by atoms with E-state index in [0.717, 1.165) is 11.4 Å². The Kier molecular flexibility index (Phi) is 7.79. The second kappa shape index (κ2) is 13.9. The lowest BCUT2D eigenvalue weighted by atomic mass is 9.33. The molecule has 0 saturated heterocycles. The van der Waals surface area contributed by atoms with E-state index < -0.39 is 5.41 Å². The second-order valence-electron chi connectivity index (χ2n) is 20.1. The van der Waals surface area contributed by atoms with Crippen LogP contribution in [-0.2, 0) is 10.8 Å². The van der Waals surface area contributed by atoms with Gasteiger partial charge in [0.25, 0.3) is 6.71 Å². The molecule has 69 heavy (non-hydrogen) atoms. The fraction of sp³-hybridized carbons (Fsp3) is 0.0769. The Bertz CT molecular complexity index is 3770. The van der Waals surface area contributed by atoms with E-state index in [1.165, 1.54) is 117 Å². The summed E-state index contributed by atoms with van der Waals surface area (Å²) >= 11 is 0. The highest BCUT2D eigenvalue weighted by atomic mass is 15.2. The fourth-order valence-corrected chi connectivity index (χ4v) is 13.5. The molecule has 0 amide bonds. The van der Waals surface area contributed by atoms with Crippen LogP contribution < -0.4 is 31.1 Å². The van der Waals surface area contributed by atoms with Gasteiger partial charge in [0, 0.05) is 45.2 Å². The molecule has 10 aromatic rings. The van der Waals surface area contributed by atoms with Gasteiger partial charge in [-0.15, -0.1) is 0 Å². The molecule has 0 radical (unpaired) electrons. The molecule has 0 fully saturated rings. The average molecular weight is 880 g/mol. The standard InChI is InChI=1S/C65H46BN3/c1-41-36-61-63-62(37-41)68(43-22-8-5-9-23-43)60-40-54-48(39-56(60)66(63)55-30-16-19-33-59(55)67(61)42-20-6-4-7-21-42)46-25-11-13-27-50(46)65(54)49-26-12-10-24-45(49)47-35-34-44(38-53(47)65)69-57-31-17-14-28-51(57)64(2,3)52-29-15-18-32-58(52)69/h4-40H,1-3H3. The van der Waals surface area contributed by atoms with Crippen LogP contribution in [-0.4, -0.2) is 6.71 Å². The van der Waals surface area contributed by atoms with Crippen LogP contribution in [0.3, 0.4) is 0 Å². The van der Waals surface area contributed by atoms with Crippen LogP contribution in [0.1, 0.15) is 52.8 Å². The third kappa shape index (κ3) is 4.98. The minimum Gasteiger partial charge on any atom is -0.311 e. The van der Waals surface area contributed by atoms with Crippen molar-refractivity contribution >= 4 is 74.3 Å². The number of para-hydroxylation sites is 5. The quantitative estimate of drug-likeness (QED) is 0.164. The van der Waals surface area contributed by atoms with Gasteiger partial charge < -0.3 is 14.7 Å². The molecule has 2 aliphatic carbocycles. The lowest BCUT2D eigenvalue weighted by Crippen LogP contribution is -2.61. The highest BCUT2D eigenvalue weighted by molar-refractivity contribution is 7.00. The van der Waals surface area contributed by atoms with Crippen LogP contribution in [0.25, 0.3) is 22.3 Å². The molecule has 1 spiro atoms. The Morgan fingerprint density at radius 1 is 0.319 bits per heavy atom. The molecule has 4 heteroatoms. The van der Waals surface area contributed by atoms with Gasteiger partial charge in [-0.05, 0) is 157 Å². The van der Waals surface area contributed by atoms with Crippen molar-refractivity contribution in [3.63, 3.8) is 0 Å². The summed E-state index contributed by atoms with van der Waals surface area (Å²) < 4.78 is 0. The molecule has 0 N–H and O–H groups in total. The van der Waals surface area contributed by atoms with Crippen molar-refractivity contribution in [2.24, 2.45) is 0 Å². The number of nitrogens with zero attached hydrogens (tertiary/aromatic N) is 3. The molecule has 1 atom stereocenters. The molecule has 324 valence electrons. The van der Waals surface area contributed by atoms with Crippen molar-refractivity contribution < 1.29 is 0 Å². The van der Waals surface area contributed by atoms with Crippen molar-refractivity contribution in [2.75, 3.05) is 14.7 Å². The first kappa shape index (κ1) is 38.7. The monoisotopic (exact) mass is 879 g/mol. The zero-order valence-corrected chi connectivity index (χ0v) is 38.8. The van der Waals surface area contributed by atoms with Crippen molar-refractivity contribution in [3.8, 4) is 22.3 Å². The molecule has 3 nitrogen and oxygen atoms in total. The molecular formula is C65H46BN3. The molecule has 0 bridgehead atoms. The van der Waals surface area contributed by atoms with Crippen LogP contribution in [0.5, 0.6) is 0 Å². The van der Waals surface area contributed by atoms with Gasteiger partial charge in [0.1, 0.15) is 0 Å². The zero-order valence-electron chi connectivity index (χ0n) is 38.8. The van der Waals surface area contributed by atoms with Gasteiger partial charge in [-0.1, -0.05) is 166 Å². The van der Waals surface area contributed by atoms with Crippen molar-refractivity contribution in [3.05, 3.63) is 263 Å². The van der Waals surface area contributed by atoms with Gasteiger partial charge in [0.05, 0.1) is 16.8 Å². The Hall–Kier alpha value is -8.34. The minimum absolute atomic E-state index is 0.00831. The van der Waals surface area contributed by atoms with E-state index in [-0.39, 0.29) is 12.1 Å². The number of aryl methyl sites for hydroxylation is 1. The SMILES string of the molecule is Cc1cc2c3c(c1)N(c1ccccc1)c1cc4c(cc1B3c1ccccc1N2c1ccccc1)-c1ccccc1C41c2ccccc2-c2ccc(N3c4ccccc4C(C)(C)c4ccccc43)cc21. The zero-order chi connectivity index (χ0) is 45.8. The number of rotatable bonds is 3. The topological polar surface area (TPSA) is 9.72 Å². The first-order valence-electron chi connectivity index (χ1n) is 24.4. The number of hydrogen-bond donors (Lipinski definition) is 0. The highest BCUT2D eigenvalue weighted by Crippen LogP contribution is 2.65. The minimum atomic E-state index is -0.577. The van der Waals surface area contributed by atoms with E-state index in [2.05, 4.69) is 260 Å². The molecule has 0 saturated carbocycles. The average Bonchev–Trinajstić information content (AvgIpc) is 3.85. The molecular weight excluding hydrogens is 834 g/mol. The van der Waals surface area contributed by atoms with Gasteiger partial charge in [-0.25, -0.2) is 0 Å². The molecule has 10 aromatic carbocycles. The van der Waals surface area contributed by atoms with E-state index in [1.807, 2.05) is 0 Å². The lowest BCUT2D eigenvalue weighted by molar-refractivity contribution is 0.632. The van der Waals surface area contributed by atoms with Gasteiger partial charge in [0.15, 0.2) is 0 Å². The molecule has 0 aromatic heterocycles. The van der Waals surface area contributed by atoms with Gasteiger partial charge >= 0.3 is 0 Å². The van der Waals surface area contributed by atoms with E-state index >= 15 is 0 Å². The summed E-state index contributed by atoms with van der Waals surface area (Å²) in [5.41, 5.74) is 28.6. The van der Waals surface area contributed by atoms with Gasteiger partial charge in [0.2, 0.25) is 0 Å². The number of fused-ring (bicyclic) bond motifs is 16. The van der Waals surface area contributed by atoms with Gasteiger partial charge in [-0.2, -0.15) is 0 Å². The largest absolute Gasteiger partial charge is 0.311 e. The van der Waals surface area contributed by atoms with Crippen LogP contribution in [0.2, 0.25) is 0 Å². The maximum absolute atomic E-state index is 2.61. The number of anilines is 9. The predicted octanol–water partition coefficient (Wildman–Crippen LogP) is 14.5. The first-order chi connectivity index (χ1) is 33.9. The summed E-state index contributed by atoms with van der Waals surface area (Å²) in [6.07, 6.45) is 0. The third-order valence-electron chi connectivity index (χ3n) is 16.2. The second-order valence-corrected chi connectivity index (χ2v) is 20.1. The summed E-state index contributed by atoms with van der Waals surface area (Å²) in [4.78, 5) is 7.59. The molecule has 1 unspecified atom stereocenters. The molecule has 15 rings (SSSR count). The highest BCUT2D eigenvalue weighted by Gasteiger charge is 2.54. The maximum atomic E-state index is 2.61. The summed E-state index contributed by atoms with van der Waals surface area (Å²) in [7, 11) is 0. The number of hydrogen-bond acceptors (Lipinski definition) is 3. The van der Waals surface area contributed by atoms with Crippen molar-refractivity contribution in [1.29, 1.82) is 0 Å². The summed E-state index contributed by atoms with van der Waals surface area (Å²) in [5, 5.41) is 0. The normalized spacial score (nSPS) is 16.7. The number of benzene rings is 10. The van der Waals surface area contributed by atoms with Gasteiger partial charge in [-0.3, -0.25) is 0 Å². The maximum Gasteiger partial charge on any atom is 0.252 e. The van der Waals surface area contributed by atoms with E-state index in [1.54, 1.807) is 0 Å².